The predicted molar refractivity (Wildman–Crippen MR) is 116 cm³/mol. The van der Waals surface area contributed by atoms with Crippen LogP contribution in [0.1, 0.15) is 43.0 Å². The highest BCUT2D eigenvalue weighted by molar-refractivity contribution is 6.05. The number of nitrogens with one attached hydrogen (secondary N) is 2. The minimum Gasteiger partial charge on any atom is -0.372 e. The van der Waals surface area contributed by atoms with E-state index in [4.69, 9.17) is 0 Å². The molecule has 2 heterocycles. The van der Waals surface area contributed by atoms with E-state index in [9.17, 15) is 14.4 Å². The molecule has 7 nitrogen and oxygen atoms in total. The van der Waals surface area contributed by atoms with Crippen LogP contribution in [0.5, 0.6) is 0 Å². The number of anilines is 3. The van der Waals surface area contributed by atoms with Crippen LogP contribution in [0.3, 0.4) is 0 Å². The maximum Gasteiger partial charge on any atom is 0.255 e. The molecule has 0 aromatic heterocycles. The number of hydrogen-bond acceptors (Lipinski definition) is 4. The zero-order chi connectivity index (χ0) is 21.1. The minimum atomic E-state index is -0.227. The molecule has 4 rings (SSSR count). The molecule has 0 aliphatic carbocycles. The molecule has 2 N–H and O–H groups in total. The molecule has 2 aromatic carbocycles. The Hall–Kier alpha value is -3.35. The average molecular weight is 406 g/mol. The average Bonchev–Trinajstić information content (AvgIpc) is 2.77. The fraction of sp³-hybridized carbons (Fsp3) is 0.348. The standard InChI is InChI=1S/C23H26N4O3/c1-16-12-14-26(15-13-16)19-8-4-18(5-9-19)24-23(30)17-2-6-20(7-3-17)27-22(29)11-10-21(28)25-27/h2-9,16H,10-15H2,1H3,(H,24,30)(H,25,28). The van der Waals surface area contributed by atoms with Crippen molar-refractivity contribution >= 4 is 34.8 Å². The lowest BCUT2D eigenvalue weighted by Gasteiger charge is -2.32. The first-order valence-electron chi connectivity index (χ1n) is 10.4. The predicted octanol–water partition coefficient (Wildman–Crippen LogP) is 3.33. The van der Waals surface area contributed by atoms with E-state index in [2.05, 4.69) is 22.6 Å². The summed E-state index contributed by atoms with van der Waals surface area (Å²) in [6, 6.07) is 14.5. The summed E-state index contributed by atoms with van der Waals surface area (Å²) >= 11 is 0. The molecule has 7 heteroatoms. The Morgan fingerprint density at radius 2 is 1.57 bits per heavy atom. The van der Waals surface area contributed by atoms with Gasteiger partial charge in [-0.15, -0.1) is 0 Å². The summed E-state index contributed by atoms with van der Waals surface area (Å²) in [6.07, 6.45) is 2.80. The van der Waals surface area contributed by atoms with Gasteiger partial charge in [0.1, 0.15) is 0 Å². The third-order valence-corrected chi connectivity index (χ3v) is 5.71. The number of hydrogen-bond donors (Lipinski definition) is 2. The molecule has 0 spiro atoms. The van der Waals surface area contributed by atoms with E-state index >= 15 is 0 Å². The molecule has 2 fully saturated rings. The Morgan fingerprint density at radius 3 is 2.23 bits per heavy atom. The van der Waals surface area contributed by atoms with E-state index in [0.29, 0.717) is 11.3 Å². The van der Waals surface area contributed by atoms with Crippen LogP contribution in [-0.4, -0.2) is 30.8 Å². The van der Waals surface area contributed by atoms with Crippen molar-refractivity contribution in [2.75, 3.05) is 28.3 Å². The fourth-order valence-corrected chi connectivity index (χ4v) is 3.77. The van der Waals surface area contributed by atoms with Gasteiger partial charge in [0.05, 0.1) is 5.69 Å². The summed E-state index contributed by atoms with van der Waals surface area (Å²) in [7, 11) is 0. The van der Waals surface area contributed by atoms with Crippen molar-refractivity contribution in [3.05, 3.63) is 54.1 Å². The molecular weight excluding hydrogens is 380 g/mol. The number of nitrogens with zero attached hydrogens (tertiary/aromatic N) is 2. The van der Waals surface area contributed by atoms with Gasteiger partial charge in [0, 0.05) is 42.9 Å². The second-order valence-electron chi connectivity index (χ2n) is 7.98. The SMILES string of the molecule is CC1CCN(c2ccc(NC(=O)c3ccc(N4NC(=O)CCC4=O)cc3)cc2)CC1. The summed E-state index contributed by atoms with van der Waals surface area (Å²) in [6.45, 7) is 4.43. The zero-order valence-electron chi connectivity index (χ0n) is 17.1. The second kappa shape index (κ2) is 8.57. The Bertz CT molecular complexity index is 932. The molecule has 0 atom stereocenters. The lowest BCUT2D eigenvalue weighted by atomic mass is 9.99. The zero-order valence-corrected chi connectivity index (χ0v) is 17.1. The molecule has 30 heavy (non-hydrogen) atoms. The highest BCUT2D eigenvalue weighted by Gasteiger charge is 2.24. The van der Waals surface area contributed by atoms with Gasteiger partial charge < -0.3 is 10.2 Å². The fourth-order valence-electron chi connectivity index (χ4n) is 3.77. The highest BCUT2D eigenvalue weighted by atomic mass is 16.2. The highest BCUT2D eigenvalue weighted by Crippen LogP contribution is 2.24. The molecule has 0 radical (unpaired) electrons. The third-order valence-electron chi connectivity index (χ3n) is 5.71. The van der Waals surface area contributed by atoms with Crippen LogP contribution < -0.4 is 20.7 Å². The molecule has 2 aliphatic heterocycles. The van der Waals surface area contributed by atoms with Gasteiger partial charge in [-0.1, -0.05) is 6.92 Å². The molecule has 2 saturated heterocycles. The number of amides is 3. The van der Waals surface area contributed by atoms with Gasteiger partial charge in [-0.25, -0.2) is 5.01 Å². The van der Waals surface area contributed by atoms with Gasteiger partial charge in [-0.2, -0.15) is 0 Å². The summed E-state index contributed by atoms with van der Waals surface area (Å²) in [4.78, 5) is 38.5. The number of piperidine rings is 1. The normalized spacial score (nSPS) is 17.6. The second-order valence-corrected chi connectivity index (χ2v) is 7.98. The molecule has 156 valence electrons. The van der Waals surface area contributed by atoms with Gasteiger partial charge in [-0.05, 0) is 67.3 Å². The van der Waals surface area contributed by atoms with Crippen molar-refractivity contribution in [2.45, 2.75) is 32.6 Å². The van der Waals surface area contributed by atoms with Crippen LogP contribution in [0.15, 0.2) is 48.5 Å². The van der Waals surface area contributed by atoms with Crippen LogP contribution in [0, 0.1) is 5.92 Å². The summed E-state index contributed by atoms with van der Waals surface area (Å²) < 4.78 is 0. The van der Waals surface area contributed by atoms with E-state index < -0.39 is 0 Å². The first-order valence-corrected chi connectivity index (χ1v) is 10.4. The van der Waals surface area contributed by atoms with Gasteiger partial charge in [0.2, 0.25) is 11.8 Å². The summed E-state index contributed by atoms with van der Waals surface area (Å²) in [5.74, 6) is 0.194. The monoisotopic (exact) mass is 406 g/mol. The van der Waals surface area contributed by atoms with E-state index in [1.54, 1.807) is 24.3 Å². The number of carbonyl (C=O) groups is 3. The lowest BCUT2D eigenvalue weighted by molar-refractivity contribution is -0.130. The Kier molecular flexibility index (Phi) is 5.70. The van der Waals surface area contributed by atoms with Gasteiger partial charge >= 0.3 is 0 Å². The van der Waals surface area contributed by atoms with Gasteiger partial charge in [0.25, 0.3) is 5.91 Å². The first-order chi connectivity index (χ1) is 14.5. The first kappa shape index (κ1) is 19.9. The number of rotatable bonds is 4. The van der Waals surface area contributed by atoms with E-state index in [1.807, 2.05) is 24.3 Å². The molecule has 3 amide bonds. The molecule has 0 unspecified atom stereocenters. The quantitative estimate of drug-likeness (QED) is 0.816. The van der Waals surface area contributed by atoms with E-state index in [-0.39, 0.29) is 30.6 Å². The summed E-state index contributed by atoms with van der Waals surface area (Å²) in [5, 5.41) is 4.13. The van der Waals surface area contributed by atoms with Crippen LogP contribution in [0.25, 0.3) is 0 Å². The Balaban J connectivity index is 1.38. The van der Waals surface area contributed by atoms with Crippen molar-refractivity contribution in [2.24, 2.45) is 5.92 Å². The third kappa shape index (κ3) is 4.45. The minimum absolute atomic E-state index is 0.171. The summed E-state index contributed by atoms with van der Waals surface area (Å²) in [5.41, 5.74) is 5.46. The van der Waals surface area contributed by atoms with Crippen molar-refractivity contribution in [1.82, 2.24) is 5.43 Å². The van der Waals surface area contributed by atoms with Crippen molar-refractivity contribution in [3.63, 3.8) is 0 Å². The topological polar surface area (TPSA) is 81.8 Å². The number of benzene rings is 2. The van der Waals surface area contributed by atoms with Gasteiger partial charge in [-0.3, -0.25) is 19.8 Å². The van der Waals surface area contributed by atoms with Crippen molar-refractivity contribution in [1.29, 1.82) is 0 Å². The number of carbonyl (C=O) groups excluding carboxylic acids is 3. The van der Waals surface area contributed by atoms with E-state index in [0.717, 1.165) is 24.7 Å². The van der Waals surface area contributed by atoms with Crippen molar-refractivity contribution < 1.29 is 14.4 Å². The van der Waals surface area contributed by atoms with Crippen molar-refractivity contribution in [3.8, 4) is 0 Å². The maximum atomic E-state index is 12.6. The van der Waals surface area contributed by atoms with Gasteiger partial charge in [0.15, 0.2) is 0 Å². The van der Waals surface area contributed by atoms with Crippen LogP contribution in [-0.2, 0) is 9.59 Å². The molecular formula is C23H26N4O3. The van der Waals surface area contributed by atoms with Crippen LogP contribution >= 0.6 is 0 Å². The Morgan fingerprint density at radius 1 is 0.933 bits per heavy atom. The van der Waals surface area contributed by atoms with Crippen LogP contribution in [0.4, 0.5) is 17.1 Å². The largest absolute Gasteiger partial charge is 0.372 e. The Labute approximate surface area is 176 Å². The molecule has 2 aliphatic rings. The maximum absolute atomic E-state index is 12.6. The molecule has 2 aromatic rings. The smallest absolute Gasteiger partial charge is 0.255 e. The van der Waals surface area contributed by atoms with E-state index in [1.165, 1.54) is 23.5 Å². The number of hydrazine groups is 1. The molecule has 0 saturated carbocycles. The molecule has 0 bridgehead atoms. The van der Waals surface area contributed by atoms with Crippen LogP contribution in [0.2, 0.25) is 0 Å². The lowest BCUT2D eigenvalue weighted by Crippen LogP contribution is -2.50.